The Bertz CT molecular complexity index is 562. The van der Waals surface area contributed by atoms with Crippen LogP contribution in [0.3, 0.4) is 0 Å². The lowest BCUT2D eigenvalue weighted by Gasteiger charge is -2.21. The normalized spacial score (nSPS) is 15.7. The minimum atomic E-state index is -0.736. The zero-order valence-corrected chi connectivity index (χ0v) is 12.1. The molecule has 0 aromatic heterocycles. The molecule has 0 aliphatic carbocycles. The summed E-state index contributed by atoms with van der Waals surface area (Å²) < 4.78 is 13.9. The van der Waals surface area contributed by atoms with Crippen molar-refractivity contribution in [2.75, 3.05) is 24.5 Å². The van der Waals surface area contributed by atoms with Gasteiger partial charge >= 0.3 is 0 Å². The van der Waals surface area contributed by atoms with Gasteiger partial charge in [-0.2, -0.15) is 0 Å². The highest BCUT2D eigenvalue weighted by Gasteiger charge is 2.40. The van der Waals surface area contributed by atoms with Crippen molar-refractivity contribution in [1.82, 2.24) is 5.32 Å². The number of hydrogen-bond donors (Lipinski definition) is 1. The molecule has 1 N–H and O–H groups in total. The Hall–Kier alpha value is -1.46. The van der Waals surface area contributed by atoms with Crippen LogP contribution < -0.4 is 10.2 Å². The van der Waals surface area contributed by atoms with Gasteiger partial charge in [0.2, 0.25) is 0 Å². The molecule has 0 saturated heterocycles. The number of hydrogen-bond acceptors (Lipinski definition) is 3. The average Bonchev–Trinajstić information content (AvgIpc) is 2.67. The number of carbonyl (C=O) groups excluding carboxylic acids is 2. The zero-order chi connectivity index (χ0) is 14.9. The second kappa shape index (κ2) is 5.89. The van der Waals surface area contributed by atoms with Crippen LogP contribution in [0.1, 0.15) is 24.2 Å². The largest absolute Gasteiger partial charge is 0.317 e. The highest BCUT2D eigenvalue weighted by atomic mass is 35.5. The summed E-state index contributed by atoms with van der Waals surface area (Å²) in [6.07, 6.45) is 0. The number of nitrogens with one attached hydrogen (secondary N) is 1. The van der Waals surface area contributed by atoms with Crippen LogP contribution in [0.15, 0.2) is 12.1 Å². The number of rotatable bonds is 5. The molecule has 1 aliphatic rings. The molecule has 0 bridgehead atoms. The summed E-state index contributed by atoms with van der Waals surface area (Å²) in [6.45, 7) is 5.69. The third-order valence-electron chi connectivity index (χ3n) is 3.25. The molecule has 1 unspecified atom stereocenters. The first-order chi connectivity index (χ1) is 9.47. The number of fused-ring (bicyclic) bond motifs is 1. The first kappa shape index (κ1) is 14.9. The highest BCUT2D eigenvalue weighted by Crippen LogP contribution is 2.36. The van der Waals surface area contributed by atoms with E-state index in [1.165, 1.54) is 17.0 Å². The van der Waals surface area contributed by atoms with Crippen LogP contribution in [0.2, 0.25) is 5.02 Å². The Kier molecular flexibility index (Phi) is 4.40. The topological polar surface area (TPSA) is 49.4 Å². The van der Waals surface area contributed by atoms with E-state index in [1.54, 1.807) is 0 Å². The molecule has 2 rings (SSSR count). The number of benzene rings is 1. The van der Waals surface area contributed by atoms with Gasteiger partial charge in [-0.25, -0.2) is 4.39 Å². The fourth-order valence-electron chi connectivity index (χ4n) is 2.29. The second-order valence-corrected chi connectivity index (χ2v) is 5.32. The van der Waals surface area contributed by atoms with Crippen molar-refractivity contribution in [3.05, 3.63) is 28.5 Å². The standard InChI is InChI=1S/C14H16ClFN2O2/c1-3-17-6-8(2)7-18-12-10(16)5-4-9(15)11(12)13(19)14(18)20/h4-5,8,17H,3,6-7H2,1-2H3. The minimum absolute atomic E-state index is 0.0100. The molecular weight excluding hydrogens is 283 g/mol. The molecule has 4 nitrogen and oxygen atoms in total. The van der Waals surface area contributed by atoms with Gasteiger partial charge < -0.3 is 10.2 Å². The molecule has 0 saturated carbocycles. The summed E-state index contributed by atoms with van der Waals surface area (Å²) in [6, 6.07) is 2.47. The predicted octanol–water partition coefficient (Wildman–Crippen LogP) is 2.25. The van der Waals surface area contributed by atoms with Crippen LogP contribution >= 0.6 is 11.6 Å². The first-order valence-electron chi connectivity index (χ1n) is 6.52. The average molecular weight is 299 g/mol. The summed E-state index contributed by atoms with van der Waals surface area (Å²) in [5.41, 5.74) is -0.0110. The Morgan fingerprint density at radius 2 is 2.10 bits per heavy atom. The van der Waals surface area contributed by atoms with Gasteiger partial charge in [-0.05, 0) is 31.1 Å². The Balaban J connectivity index is 2.31. The van der Waals surface area contributed by atoms with Crippen LogP contribution in [-0.2, 0) is 4.79 Å². The summed E-state index contributed by atoms with van der Waals surface area (Å²) in [5.74, 6) is -1.95. The Morgan fingerprint density at radius 1 is 1.40 bits per heavy atom. The molecule has 1 aromatic carbocycles. The van der Waals surface area contributed by atoms with E-state index in [0.29, 0.717) is 6.54 Å². The van der Waals surface area contributed by atoms with Crippen molar-refractivity contribution in [2.45, 2.75) is 13.8 Å². The number of halogens is 2. The molecule has 1 atom stereocenters. The third kappa shape index (κ3) is 2.55. The van der Waals surface area contributed by atoms with Crippen molar-refractivity contribution in [2.24, 2.45) is 5.92 Å². The Morgan fingerprint density at radius 3 is 2.75 bits per heavy atom. The van der Waals surface area contributed by atoms with Crippen molar-refractivity contribution in [1.29, 1.82) is 0 Å². The fourth-order valence-corrected chi connectivity index (χ4v) is 2.53. The van der Waals surface area contributed by atoms with Crippen LogP contribution in [0.25, 0.3) is 0 Å². The van der Waals surface area contributed by atoms with Gasteiger partial charge in [-0.3, -0.25) is 9.59 Å². The van der Waals surface area contributed by atoms with Gasteiger partial charge in [-0.15, -0.1) is 0 Å². The number of carbonyl (C=O) groups is 2. The maximum atomic E-state index is 13.9. The van der Waals surface area contributed by atoms with Gasteiger partial charge in [0.1, 0.15) is 5.82 Å². The lowest BCUT2D eigenvalue weighted by Crippen LogP contribution is -2.37. The maximum absolute atomic E-state index is 13.9. The highest BCUT2D eigenvalue weighted by molar-refractivity contribution is 6.55. The van der Waals surface area contributed by atoms with Crippen molar-refractivity contribution >= 4 is 29.0 Å². The van der Waals surface area contributed by atoms with Crippen LogP contribution in [-0.4, -0.2) is 31.3 Å². The molecule has 0 spiro atoms. The monoisotopic (exact) mass is 298 g/mol. The lowest BCUT2D eigenvalue weighted by atomic mass is 10.1. The SMILES string of the molecule is CCNCC(C)CN1C(=O)C(=O)c2c(Cl)ccc(F)c21. The smallest absolute Gasteiger partial charge is 0.299 e. The number of ketones is 1. The van der Waals surface area contributed by atoms with Crippen molar-refractivity contribution in [3.63, 3.8) is 0 Å². The number of amides is 1. The Labute approximate surface area is 121 Å². The predicted molar refractivity (Wildman–Crippen MR) is 75.8 cm³/mol. The van der Waals surface area contributed by atoms with E-state index in [0.717, 1.165) is 6.54 Å². The molecule has 0 radical (unpaired) electrons. The lowest BCUT2D eigenvalue weighted by molar-refractivity contribution is -0.114. The van der Waals surface area contributed by atoms with Crippen LogP contribution in [0.5, 0.6) is 0 Å². The van der Waals surface area contributed by atoms with E-state index in [9.17, 15) is 14.0 Å². The molecule has 0 fully saturated rings. The van der Waals surface area contributed by atoms with E-state index < -0.39 is 17.5 Å². The van der Waals surface area contributed by atoms with E-state index in [2.05, 4.69) is 5.32 Å². The number of Topliss-reactive ketones (excluding diaryl/α,β-unsaturated/α-hetero) is 1. The summed E-state index contributed by atoms with van der Waals surface area (Å²) >= 11 is 5.91. The van der Waals surface area contributed by atoms with E-state index in [-0.39, 0.29) is 28.7 Å². The molecular formula is C14H16ClFN2O2. The van der Waals surface area contributed by atoms with Crippen molar-refractivity contribution in [3.8, 4) is 0 Å². The van der Waals surface area contributed by atoms with Crippen LogP contribution in [0, 0.1) is 11.7 Å². The van der Waals surface area contributed by atoms with E-state index in [1.807, 2.05) is 13.8 Å². The minimum Gasteiger partial charge on any atom is -0.317 e. The molecule has 1 aliphatic heterocycles. The van der Waals surface area contributed by atoms with Crippen LogP contribution in [0.4, 0.5) is 10.1 Å². The summed E-state index contributed by atoms with van der Waals surface area (Å²) in [7, 11) is 0. The van der Waals surface area contributed by atoms with Gasteiger partial charge in [0, 0.05) is 6.54 Å². The zero-order valence-electron chi connectivity index (χ0n) is 11.4. The van der Waals surface area contributed by atoms with Gasteiger partial charge in [0.15, 0.2) is 0 Å². The molecule has 20 heavy (non-hydrogen) atoms. The molecule has 108 valence electrons. The van der Waals surface area contributed by atoms with Gasteiger partial charge in [0.05, 0.1) is 16.3 Å². The van der Waals surface area contributed by atoms with Gasteiger partial charge in [-0.1, -0.05) is 25.4 Å². The summed E-state index contributed by atoms with van der Waals surface area (Å²) in [5, 5.41) is 3.27. The quantitative estimate of drug-likeness (QED) is 0.848. The molecule has 6 heteroatoms. The first-order valence-corrected chi connectivity index (χ1v) is 6.90. The molecule has 1 aromatic rings. The maximum Gasteiger partial charge on any atom is 0.299 e. The van der Waals surface area contributed by atoms with Crippen molar-refractivity contribution < 1.29 is 14.0 Å². The number of anilines is 1. The van der Waals surface area contributed by atoms with E-state index >= 15 is 0 Å². The second-order valence-electron chi connectivity index (χ2n) is 4.91. The number of nitrogens with zero attached hydrogens (tertiary/aromatic N) is 1. The van der Waals surface area contributed by atoms with Gasteiger partial charge in [0.25, 0.3) is 11.7 Å². The summed E-state index contributed by atoms with van der Waals surface area (Å²) in [4.78, 5) is 25.1. The third-order valence-corrected chi connectivity index (χ3v) is 3.57. The fraction of sp³-hybridized carbons (Fsp3) is 0.429. The molecule has 1 amide bonds. The van der Waals surface area contributed by atoms with E-state index in [4.69, 9.17) is 11.6 Å². The molecule has 1 heterocycles.